The Labute approximate surface area is 117 Å². The molecule has 0 fully saturated rings. The molecular formula is C16H17NOS. The summed E-state index contributed by atoms with van der Waals surface area (Å²) >= 11 is 1.93. The monoisotopic (exact) mass is 271 g/mol. The van der Waals surface area contributed by atoms with Gasteiger partial charge in [0.25, 0.3) is 0 Å². The van der Waals surface area contributed by atoms with Crippen molar-refractivity contribution < 1.29 is 5.11 Å². The van der Waals surface area contributed by atoms with Crippen molar-refractivity contribution in [3.63, 3.8) is 0 Å². The van der Waals surface area contributed by atoms with Crippen molar-refractivity contribution in [3.05, 3.63) is 59.7 Å². The van der Waals surface area contributed by atoms with Crippen LogP contribution >= 0.6 is 11.8 Å². The molecule has 0 radical (unpaired) electrons. The third-order valence-corrected chi connectivity index (χ3v) is 4.62. The van der Waals surface area contributed by atoms with Gasteiger partial charge in [0.15, 0.2) is 0 Å². The Hall–Kier alpha value is -1.45. The molecule has 0 saturated heterocycles. The van der Waals surface area contributed by atoms with Gasteiger partial charge in [-0.3, -0.25) is 0 Å². The molecule has 2 N–H and O–H groups in total. The average Bonchev–Trinajstić information content (AvgIpc) is 2.85. The van der Waals surface area contributed by atoms with Crippen molar-refractivity contribution in [1.29, 1.82) is 0 Å². The molecule has 0 bridgehead atoms. The van der Waals surface area contributed by atoms with Gasteiger partial charge in [-0.15, -0.1) is 11.8 Å². The zero-order chi connectivity index (χ0) is 13.1. The van der Waals surface area contributed by atoms with Gasteiger partial charge in [0, 0.05) is 16.7 Å². The standard InChI is InChI=1S/C16H17NOS/c18-13-7-5-12(6-8-13)9-10-17-15-11-19-16-4-2-1-3-14(15)16/h1-8,15,17-18H,9-11H2. The number of rotatable bonds is 4. The first-order chi connectivity index (χ1) is 9.33. The lowest BCUT2D eigenvalue weighted by molar-refractivity contribution is 0.475. The van der Waals surface area contributed by atoms with E-state index in [2.05, 4.69) is 29.6 Å². The van der Waals surface area contributed by atoms with Crippen molar-refractivity contribution >= 4 is 11.8 Å². The minimum Gasteiger partial charge on any atom is -0.508 e. The van der Waals surface area contributed by atoms with E-state index >= 15 is 0 Å². The molecule has 3 heteroatoms. The molecule has 1 aliphatic heterocycles. The third kappa shape index (κ3) is 2.94. The Morgan fingerprint density at radius 2 is 1.89 bits per heavy atom. The van der Waals surface area contributed by atoms with Crippen LogP contribution in [0.5, 0.6) is 5.75 Å². The van der Waals surface area contributed by atoms with Crippen LogP contribution in [0.4, 0.5) is 0 Å². The Morgan fingerprint density at radius 3 is 2.74 bits per heavy atom. The van der Waals surface area contributed by atoms with Crippen LogP contribution < -0.4 is 5.32 Å². The van der Waals surface area contributed by atoms with Crippen LogP contribution in [0.25, 0.3) is 0 Å². The molecule has 19 heavy (non-hydrogen) atoms. The van der Waals surface area contributed by atoms with Crippen molar-refractivity contribution in [2.24, 2.45) is 0 Å². The van der Waals surface area contributed by atoms with Crippen molar-refractivity contribution in [2.45, 2.75) is 17.4 Å². The third-order valence-electron chi connectivity index (χ3n) is 3.44. The fraction of sp³-hybridized carbons (Fsp3) is 0.250. The minimum atomic E-state index is 0.331. The van der Waals surface area contributed by atoms with Gasteiger partial charge in [-0.2, -0.15) is 0 Å². The topological polar surface area (TPSA) is 32.3 Å². The number of benzene rings is 2. The van der Waals surface area contributed by atoms with Gasteiger partial charge in [-0.1, -0.05) is 30.3 Å². The highest BCUT2D eigenvalue weighted by molar-refractivity contribution is 7.99. The predicted octanol–water partition coefficient (Wildman–Crippen LogP) is 3.37. The Morgan fingerprint density at radius 1 is 1.11 bits per heavy atom. The highest BCUT2D eigenvalue weighted by atomic mass is 32.2. The highest BCUT2D eigenvalue weighted by Gasteiger charge is 2.21. The Balaban J connectivity index is 1.55. The molecule has 0 amide bonds. The van der Waals surface area contributed by atoms with Crippen LogP contribution in [0, 0.1) is 0 Å². The molecule has 2 aromatic rings. The maximum atomic E-state index is 9.25. The summed E-state index contributed by atoms with van der Waals surface area (Å²) in [6.45, 7) is 0.963. The highest BCUT2D eigenvalue weighted by Crippen LogP contribution is 2.37. The maximum absolute atomic E-state index is 9.25. The van der Waals surface area contributed by atoms with Crippen LogP contribution in [0.1, 0.15) is 17.2 Å². The van der Waals surface area contributed by atoms with Gasteiger partial charge in [0.2, 0.25) is 0 Å². The molecule has 3 rings (SSSR count). The lowest BCUT2D eigenvalue weighted by atomic mass is 10.1. The van der Waals surface area contributed by atoms with E-state index in [0.717, 1.165) is 18.7 Å². The second-order valence-electron chi connectivity index (χ2n) is 4.77. The second kappa shape index (κ2) is 5.68. The van der Waals surface area contributed by atoms with E-state index in [9.17, 15) is 5.11 Å². The second-order valence-corrected chi connectivity index (χ2v) is 5.83. The number of fused-ring (bicyclic) bond motifs is 1. The molecule has 98 valence electrons. The van der Waals surface area contributed by atoms with E-state index in [-0.39, 0.29) is 0 Å². The number of aromatic hydroxyl groups is 1. The molecule has 0 aliphatic carbocycles. The first kappa shape index (κ1) is 12.6. The van der Waals surface area contributed by atoms with E-state index < -0.39 is 0 Å². The van der Waals surface area contributed by atoms with Gasteiger partial charge in [0.05, 0.1) is 0 Å². The number of phenols is 1. The number of hydrogen-bond donors (Lipinski definition) is 2. The normalized spacial score (nSPS) is 17.4. The number of phenolic OH excluding ortho intramolecular Hbond substituents is 1. The summed E-state index contributed by atoms with van der Waals surface area (Å²) in [6.07, 6.45) is 0.990. The lowest BCUT2D eigenvalue weighted by Gasteiger charge is -2.13. The molecular weight excluding hydrogens is 254 g/mol. The SMILES string of the molecule is Oc1ccc(CCNC2CSc3ccccc32)cc1. The minimum absolute atomic E-state index is 0.331. The zero-order valence-corrected chi connectivity index (χ0v) is 11.5. The van der Waals surface area contributed by atoms with Crippen molar-refractivity contribution in [3.8, 4) is 5.75 Å². The summed E-state index contributed by atoms with van der Waals surface area (Å²) in [7, 11) is 0. The lowest BCUT2D eigenvalue weighted by Crippen LogP contribution is -2.23. The first-order valence-corrected chi connectivity index (χ1v) is 7.54. The van der Waals surface area contributed by atoms with Gasteiger partial charge in [-0.25, -0.2) is 0 Å². The Bertz CT molecular complexity index is 553. The van der Waals surface area contributed by atoms with Gasteiger partial charge in [-0.05, 0) is 42.3 Å². The average molecular weight is 271 g/mol. The molecule has 0 spiro atoms. The van der Waals surface area contributed by atoms with Crippen LogP contribution in [0.3, 0.4) is 0 Å². The fourth-order valence-corrected chi connectivity index (χ4v) is 3.58. The number of thioether (sulfide) groups is 1. The van der Waals surface area contributed by atoms with Crippen molar-refractivity contribution in [1.82, 2.24) is 5.32 Å². The van der Waals surface area contributed by atoms with Crippen LogP contribution in [-0.2, 0) is 6.42 Å². The van der Waals surface area contributed by atoms with Crippen LogP contribution in [0.2, 0.25) is 0 Å². The summed E-state index contributed by atoms with van der Waals surface area (Å²) in [6, 6.07) is 16.5. The predicted molar refractivity (Wildman–Crippen MR) is 79.7 cm³/mol. The molecule has 2 aromatic carbocycles. The summed E-state index contributed by atoms with van der Waals surface area (Å²) in [4.78, 5) is 1.41. The van der Waals surface area contributed by atoms with Crippen LogP contribution in [0.15, 0.2) is 53.4 Å². The van der Waals surface area contributed by atoms with E-state index in [1.807, 2.05) is 23.9 Å². The summed E-state index contributed by atoms with van der Waals surface area (Å²) in [5, 5.41) is 12.9. The number of hydrogen-bond acceptors (Lipinski definition) is 3. The van der Waals surface area contributed by atoms with Gasteiger partial charge >= 0.3 is 0 Å². The Kier molecular flexibility index (Phi) is 3.76. The molecule has 1 unspecified atom stereocenters. The van der Waals surface area contributed by atoms with Gasteiger partial charge in [0.1, 0.15) is 5.75 Å². The maximum Gasteiger partial charge on any atom is 0.115 e. The first-order valence-electron chi connectivity index (χ1n) is 6.56. The molecule has 1 atom stereocenters. The van der Waals surface area contributed by atoms with Crippen LogP contribution in [-0.4, -0.2) is 17.4 Å². The van der Waals surface area contributed by atoms with E-state index in [0.29, 0.717) is 11.8 Å². The van der Waals surface area contributed by atoms with E-state index in [1.54, 1.807) is 12.1 Å². The molecule has 0 aromatic heterocycles. The van der Waals surface area contributed by atoms with Gasteiger partial charge < -0.3 is 10.4 Å². The smallest absolute Gasteiger partial charge is 0.115 e. The summed E-state index contributed by atoms with van der Waals surface area (Å²) in [5.74, 6) is 1.45. The summed E-state index contributed by atoms with van der Waals surface area (Å²) in [5.41, 5.74) is 2.68. The van der Waals surface area contributed by atoms with E-state index in [4.69, 9.17) is 0 Å². The molecule has 1 aliphatic rings. The summed E-state index contributed by atoms with van der Waals surface area (Å²) < 4.78 is 0. The molecule has 1 heterocycles. The largest absolute Gasteiger partial charge is 0.508 e. The zero-order valence-electron chi connectivity index (χ0n) is 10.7. The molecule has 0 saturated carbocycles. The quantitative estimate of drug-likeness (QED) is 0.894. The molecule has 2 nitrogen and oxygen atoms in total. The fourth-order valence-electron chi connectivity index (χ4n) is 2.38. The van der Waals surface area contributed by atoms with E-state index in [1.165, 1.54) is 16.0 Å². The number of nitrogens with one attached hydrogen (secondary N) is 1. The van der Waals surface area contributed by atoms with Crippen molar-refractivity contribution in [2.75, 3.05) is 12.3 Å².